The van der Waals surface area contributed by atoms with Crippen molar-refractivity contribution >= 4 is 11.8 Å². The number of ether oxygens (including phenoxy) is 1. The molecule has 2 aliphatic heterocycles. The van der Waals surface area contributed by atoms with Crippen molar-refractivity contribution < 1.29 is 14.3 Å². The fourth-order valence-electron chi connectivity index (χ4n) is 3.64. The number of morpholine rings is 1. The van der Waals surface area contributed by atoms with Crippen LogP contribution in [-0.4, -0.2) is 64.2 Å². The van der Waals surface area contributed by atoms with E-state index in [1.165, 1.54) is 11.1 Å². The molecule has 1 saturated heterocycles. The van der Waals surface area contributed by atoms with Crippen LogP contribution in [0.1, 0.15) is 27.3 Å². The van der Waals surface area contributed by atoms with Crippen molar-refractivity contribution in [3.63, 3.8) is 0 Å². The average Bonchev–Trinajstić information content (AvgIpc) is 3.08. The molecule has 7 nitrogen and oxygen atoms in total. The lowest BCUT2D eigenvalue weighted by Gasteiger charge is -2.29. The van der Waals surface area contributed by atoms with E-state index in [0.717, 1.165) is 18.7 Å². The van der Waals surface area contributed by atoms with Gasteiger partial charge < -0.3 is 14.5 Å². The SMILES string of the molecule is Cc1cc(C(=O)N2CCOCC2)nn1CC(=O)N1CCc2ccccc2C1. The molecule has 7 heteroatoms. The van der Waals surface area contributed by atoms with Crippen LogP contribution in [-0.2, 0) is 29.0 Å². The second kappa shape index (κ2) is 7.52. The summed E-state index contributed by atoms with van der Waals surface area (Å²) in [5, 5.41) is 4.40. The van der Waals surface area contributed by atoms with Gasteiger partial charge in [0.05, 0.1) is 13.2 Å². The lowest BCUT2D eigenvalue weighted by Crippen LogP contribution is -2.41. The molecule has 1 fully saturated rings. The van der Waals surface area contributed by atoms with Crippen LogP contribution in [0.2, 0.25) is 0 Å². The Morgan fingerprint density at radius 3 is 2.59 bits per heavy atom. The molecule has 0 unspecified atom stereocenters. The lowest BCUT2D eigenvalue weighted by atomic mass is 10.00. The third-order valence-electron chi connectivity index (χ3n) is 5.27. The summed E-state index contributed by atoms with van der Waals surface area (Å²) >= 11 is 0. The van der Waals surface area contributed by atoms with Gasteiger partial charge in [-0.2, -0.15) is 5.10 Å². The third-order valence-corrected chi connectivity index (χ3v) is 5.27. The van der Waals surface area contributed by atoms with Crippen molar-refractivity contribution in [3.05, 3.63) is 52.8 Å². The largest absolute Gasteiger partial charge is 0.378 e. The lowest BCUT2D eigenvalue weighted by molar-refractivity contribution is -0.133. The van der Waals surface area contributed by atoms with Gasteiger partial charge in [0.15, 0.2) is 5.69 Å². The first-order valence-electron chi connectivity index (χ1n) is 9.38. The number of amides is 2. The molecule has 1 aromatic heterocycles. The summed E-state index contributed by atoms with van der Waals surface area (Å²) in [5.74, 6) is -0.0689. The Kier molecular flexibility index (Phi) is 4.94. The molecular weight excluding hydrogens is 344 g/mol. The smallest absolute Gasteiger partial charge is 0.274 e. The van der Waals surface area contributed by atoms with Gasteiger partial charge in [-0.15, -0.1) is 0 Å². The van der Waals surface area contributed by atoms with Gasteiger partial charge in [0.25, 0.3) is 5.91 Å². The molecule has 1 aromatic carbocycles. The van der Waals surface area contributed by atoms with Crippen LogP contribution in [0.3, 0.4) is 0 Å². The van der Waals surface area contributed by atoms with Gasteiger partial charge in [0.2, 0.25) is 5.91 Å². The number of fused-ring (bicyclic) bond motifs is 1. The van der Waals surface area contributed by atoms with Gasteiger partial charge in [-0.25, -0.2) is 0 Å². The number of aryl methyl sites for hydroxylation is 1. The molecular formula is C20H24N4O3. The third kappa shape index (κ3) is 3.73. The van der Waals surface area contributed by atoms with E-state index in [-0.39, 0.29) is 18.4 Å². The minimum absolute atomic E-state index is 0.0288. The number of nitrogens with zero attached hydrogens (tertiary/aromatic N) is 4. The van der Waals surface area contributed by atoms with E-state index in [1.807, 2.05) is 24.0 Å². The molecule has 0 radical (unpaired) electrons. The normalized spacial score (nSPS) is 16.9. The highest BCUT2D eigenvalue weighted by Crippen LogP contribution is 2.19. The standard InChI is InChI=1S/C20H24N4O3/c1-15-12-18(20(26)22-8-10-27-11-9-22)21-24(15)14-19(25)23-7-6-16-4-2-3-5-17(16)13-23/h2-5,12H,6-11,13-14H2,1H3. The Balaban J connectivity index is 1.43. The Hall–Kier alpha value is -2.67. The van der Waals surface area contributed by atoms with Crippen molar-refractivity contribution in [3.8, 4) is 0 Å². The van der Waals surface area contributed by atoms with Crippen molar-refractivity contribution in [2.75, 3.05) is 32.8 Å². The fourth-order valence-corrected chi connectivity index (χ4v) is 3.64. The number of carbonyl (C=O) groups excluding carboxylic acids is 2. The molecule has 2 amide bonds. The van der Waals surface area contributed by atoms with Crippen LogP contribution in [0.25, 0.3) is 0 Å². The predicted molar refractivity (Wildman–Crippen MR) is 99.2 cm³/mol. The Morgan fingerprint density at radius 1 is 1.07 bits per heavy atom. The van der Waals surface area contributed by atoms with Gasteiger partial charge in [0.1, 0.15) is 6.54 Å². The number of hydrogen-bond donors (Lipinski definition) is 0. The molecule has 4 rings (SSSR count). The quantitative estimate of drug-likeness (QED) is 0.818. The van der Waals surface area contributed by atoms with Crippen LogP contribution in [0.15, 0.2) is 30.3 Å². The summed E-state index contributed by atoms with van der Waals surface area (Å²) in [4.78, 5) is 29.0. The highest BCUT2D eigenvalue weighted by atomic mass is 16.5. The van der Waals surface area contributed by atoms with Crippen LogP contribution in [0.5, 0.6) is 0 Å². The molecule has 0 saturated carbocycles. The molecule has 142 valence electrons. The van der Waals surface area contributed by atoms with Crippen LogP contribution in [0, 0.1) is 6.92 Å². The predicted octanol–water partition coefficient (Wildman–Crippen LogP) is 1.25. The van der Waals surface area contributed by atoms with Crippen molar-refractivity contribution in [1.82, 2.24) is 19.6 Å². The molecule has 3 heterocycles. The maximum Gasteiger partial charge on any atom is 0.274 e. The summed E-state index contributed by atoms with van der Waals surface area (Å²) in [7, 11) is 0. The van der Waals surface area contributed by atoms with Gasteiger partial charge in [0, 0.05) is 31.9 Å². The minimum Gasteiger partial charge on any atom is -0.378 e. The number of carbonyl (C=O) groups is 2. The number of benzene rings is 1. The van der Waals surface area contributed by atoms with Gasteiger partial charge in [-0.1, -0.05) is 24.3 Å². The second-order valence-corrected chi connectivity index (χ2v) is 7.07. The average molecular weight is 368 g/mol. The summed E-state index contributed by atoms with van der Waals surface area (Å²) in [6.07, 6.45) is 0.876. The van der Waals surface area contributed by atoms with Crippen molar-refractivity contribution in [2.24, 2.45) is 0 Å². The zero-order valence-electron chi connectivity index (χ0n) is 15.6. The zero-order valence-corrected chi connectivity index (χ0v) is 15.6. The molecule has 2 aromatic rings. The Morgan fingerprint density at radius 2 is 1.81 bits per heavy atom. The maximum atomic E-state index is 12.8. The van der Waals surface area contributed by atoms with E-state index in [0.29, 0.717) is 38.5 Å². The first kappa shape index (κ1) is 17.7. The summed E-state index contributed by atoms with van der Waals surface area (Å²) in [6.45, 7) is 5.66. The molecule has 0 N–H and O–H groups in total. The van der Waals surface area contributed by atoms with E-state index in [9.17, 15) is 9.59 Å². The van der Waals surface area contributed by atoms with Crippen LogP contribution < -0.4 is 0 Å². The topological polar surface area (TPSA) is 67.7 Å². The van der Waals surface area contributed by atoms with E-state index in [4.69, 9.17) is 4.74 Å². The van der Waals surface area contributed by atoms with Crippen molar-refractivity contribution in [1.29, 1.82) is 0 Å². The van der Waals surface area contributed by atoms with E-state index in [1.54, 1.807) is 15.6 Å². The van der Waals surface area contributed by atoms with Crippen LogP contribution >= 0.6 is 0 Å². The zero-order chi connectivity index (χ0) is 18.8. The van der Waals surface area contributed by atoms with E-state index >= 15 is 0 Å². The maximum absolute atomic E-state index is 12.8. The first-order chi connectivity index (χ1) is 13.1. The Bertz CT molecular complexity index is 855. The summed E-state index contributed by atoms with van der Waals surface area (Å²) < 4.78 is 6.93. The molecule has 0 aliphatic carbocycles. The number of aromatic nitrogens is 2. The summed E-state index contributed by atoms with van der Waals surface area (Å²) in [6, 6.07) is 10.0. The minimum atomic E-state index is -0.0977. The number of hydrogen-bond acceptors (Lipinski definition) is 4. The summed E-state index contributed by atoms with van der Waals surface area (Å²) in [5.41, 5.74) is 3.73. The molecule has 0 atom stereocenters. The van der Waals surface area contributed by atoms with Gasteiger partial charge in [-0.3, -0.25) is 14.3 Å². The highest BCUT2D eigenvalue weighted by molar-refractivity contribution is 5.92. The Labute approximate surface area is 158 Å². The van der Waals surface area contributed by atoms with Crippen molar-refractivity contribution in [2.45, 2.75) is 26.4 Å². The van der Waals surface area contributed by atoms with Crippen LogP contribution in [0.4, 0.5) is 0 Å². The van der Waals surface area contributed by atoms with Gasteiger partial charge >= 0.3 is 0 Å². The highest BCUT2D eigenvalue weighted by Gasteiger charge is 2.24. The first-order valence-corrected chi connectivity index (χ1v) is 9.38. The van der Waals surface area contributed by atoms with E-state index in [2.05, 4.69) is 17.2 Å². The molecule has 0 bridgehead atoms. The molecule has 2 aliphatic rings. The molecule has 0 spiro atoms. The fraction of sp³-hybridized carbons (Fsp3) is 0.450. The second-order valence-electron chi connectivity index (χ2n) is 7.07. The monoisotopic (exact) mass is 368 g/mol. The van der Waals surface area contributed by atoms with E-state index < -0.39 is 0 Å². The molecule has 27 heavy (non-hydrogen) atoms. The van der Waals surface area contributed by atoms with Gasteiger partial charge in [-0.05, 0) is 30.5 Å². The number of rotatable bonds is 3.